The van der Waals surface area contributed by atoms with Crippen LogP contribution in [0, 0.1) is 0 Å². The summed E-state index contributed by atoms with van der Waals surface area (Å²) in [6.07, 6.45) is 0. The van der Waals surface area contributed by atoms with Crippen molar-refractivity contribution in [1.29, 1.82) is 0 Å². The molecular weight excluding hydrogens is 568 g/mol. The number of halogens is 1. The van der Waals surface area contributed by atoms with Crippen LogP contribution < -0.4 is 0 Å². The predicted molar refractivity (Wildman–Crippen MR) is 152 cm³/mol. The fourth-order valence-corrected chi connectivity index (χ4v) is 143. The number of nitrogens with zero attached hydrogens (tertiary/aromatic N) is 2. The standard InChI is InChI=1S/C19H51GeIN2Si4/c1-22(2)17-23(3)16-20(21,18(24(4,5)6)25(7,8)9)19(26(10,11)12)27(13,14)15/h18-19H,16-17H2,1-15H3. The predicted octanol–water partition coefficient (Wildman–Crippen LogP) is 6.61. The van der Waals surface area contributed by atoms with Crippen LogP contribution in [-0.2, 0) is 0 Å². The summed E-state index contributed by atoms with van der Waals surface area (Å²) in [6.45, 7) is 33.5. The summed E-state index contributed by atoms with van der Waals surface area (Å²) in [4.78, 5) is 5.06. The molecule has 0 N–H and O–H groups in total. The minimum absolute atomic E-state index is 1.10. The van der Waals surface area contributed by atoms with E-state index in [-0.39, 0.29) is 0 Å². The molecule has 0 amide bonds. The monoisotopic (exact) mass is 620 g/mol. The second-order valence-electron chi connectivity index (χ2n) is 13.5. The molecule has 0 rings (SSSR count). The van der Waals surface area contributed by atoms with E-state index in [1.165, 1.54) is 5.38 Å². The Bertz CT molecular complexity index is 416. The van der Waals surface area contributed by atoms with Crippen molar-refractivity contribution in [2.45, 2.75) is 86.6 Å². The zero-order chi connectivity index (χ0) is 22.2. The van der Waals surface area contributed by atoms with Crippen molar-refractivity contribution in [3.63, 3.8) is 0 Å². The van der Waals surface area contributed by atoms with E-state index in [9.17, 15) is 0 Å². The third kappa shape index (κ3) is 8.60. The molecule has 164 valence electrons. The maximum absolute atomic E-state index is 3.23. The number of rotatable bonds is 10. The van der Waals surface area contributed by atoms with E-state index < -0.39 is 42.3 Å². The summed E-state index contributed by atoms with van der Waals surface area (Å²) in [5.41, 5.74) is 0. The summed E-state index contributed by atoms with van der Waals surface area (Å²) < 4.78 is 2.22. The van der Waals surface area contributed by atoms with Crippen LogP contribution in [0.4, 0.5) is 0 Å². The van der Waals surface area contributed by atoms with Crippen LogP contribution >= 0.6 is 20.2 Å². The van der Waals surface area contributed by atoms with Gasteiger partial charge < -0.3 is 0 Å². The second kappa shape index (κ2) is 9.69. The Morgan fingerprint density at radius 2 is 0.889 bits per heavy atom. The van der Waals surface area contributed by atoms with Gasteiger partial charge in [0.2, 0.25) is 0 Å². The van der Waals surface area contributed by atoms with E-state index in [4.69, 9.17) is 0 Å². The van der Waals surface area contributed by atoms with Crippen molar-refractivity contribution >= 4 is 62.5 Å². The van der Waals surface area contributed by atoms with Crippen molar-refractivity contribution in [3.05, 3.63) is 0 Å². The van der Waals surface area contributed by atoms with Gasteiger partial charge in [0.15, 0.2) is 0 Å². The first-order valence-electron chi connectivity index (χ1n) is 10.6. The van der Waals surface area contributed by atoms with Crippen molar-refractivity contribution in [3.8, 4) is 0 Å². The molecule has 0 aromatic rings. The van der Waals surface area contributed by atoms with Gasteiger partial charge in [0.25, 0.3) is 0 Å². The molecule has 27 heavy (non-hydrogen) atoms. The molecule has 0 aromatic carbocycles. The van der Waals surface area contributed by atoms with Gasteiger partial charge in [-0.3, -0.25) is 0 Å². The Hall–Kier alpha value is 2.06. The van der Waals surface area contributed by atoms with E-state index in [2.05, 4.69) is 130 Å². The molecule has 0 aliphatic heterocycles. The van der Waals surface area contributed by atoms with Gasteiger partial charge in [-0.2, -0.15) is 0 Å². The molecule has 0 fully saturated rings. The van der Waals surface area contributed by atoms with Gasteiger partial charge >= 0.3 is 192 Å². The van der Waals surface area contributed by atoms with Crippen molar-refractivity contribution < 1.29 is 0 Å². The van der Waals surface area contributed by atoms with E-state index in [0.717, 1.165) is 14.7 Å². The Morgan fingerprint density at radius 1 is 0.630 bits per heavy atom. The molecule has 0 aromatic heterocycles. The van der Waals surface area contributed by atoms with Gasteiger partial charge in [0.05, 0.1) is 0 Å². The summed E-state index contributed by atoms with van der Waals surface area (Å²) in [7, 11) is -0.375. The normalized spacial score (nSPS) is 15.6. The molecule has 0 saturated heterocycles. The van der Waals surface area contributed by atoms with Crippen LogP contribution in [0.3, 0.4) is 0 Å². The van der Waals surface area contributed by atoms with Crippen LogP contribution in [0.5, 0.6) is 0 Å². The van der Waals surface area contributed by atoms with Gasteiger partial charge in [0, 0.05) is 0 Å². The van der Waals surface area contributed by atoms with Crippen molar-refractivity contribution in [2.24, 2.45) is 0 Å². The average molecular weight is 619 g/mol. The summed E-state index contributed by atoms with van der Waals surface area (Å²) >= 11 is 3.23. The molecule has 0 saturated carbocycles. The fraction of sp³-hybridized carbons (Fsp3) is 1.00. The number of hydrogen-bond donors (Lipinski definition) is 0. The first-order valence-corrected chi connectivity index (χ1v) is 35.2. The SMILES string of the molecule is CN(C)CN(C)[CH2][Ge]([I])([CH]([Si](C)(C)C)[Si](C)(C)C)[CH]([Si](C)(C)C)[Si](C)(C)C. The molecule has 0 atom stereocenters. The van der Waals surface area contributed by atoms with E-state index in [1.807, 2.05) is 0 Å². The van der Waals surface area contributed by atoms with Gasteiger partial charge in [-0.05, 0) is 0 Å². The van der Waals surface area contributed by atoms with Crippen LogP contribution in [0.25, 0.3) is 0 Å². The molecular formula is C19H51GeIN2Si4. The van der Waals surface area contributed by atoms with Gasteiger partial charge in [0.1, 0.15) is 0 Å². The van der Waals surface area contributed by atoms with Gasteiger partial charge in [-0.15, -0.1) is 0 Å². The molecule has 0 aliphatic rings. The van der Waals surface area contributed by atoms with Crippen molar-refractivity contribution in [2.75, 3.05) is 33.2 Å². The Balaban J connectivity index is 6.70. The minimum atomic E-state index is -2.25. The number of hydrogen-bond acceptors (Lipinski definition) is 2. The Kier molecular flexibility index (Phi) is 10.4. The molecule has 0 spiro atoms. The first kappa shape index (κ1) is 29.1. The van der Waals surface area contributed by atoms with E-state index in [1.54, 1.807) is 0 Å². The molecule has 8 heteroatoms. The van der Waals surface area contributed by atoms with Crippen LogP contribution in [0.15, 0.2) is 0 Å². The van der Waals surface area contributed by atoms with Crippen LogP contribution in [-0.4, -0.2) is 85.2 Å². The molecule has 0 bridgehead atoms. The van der Waals surface area contributed by atoms with E-state index in [0.29, 0.717) is 0 Å². The molecule has 0 unspecified atom stereocenters. The quantitative estimate of drug-likeness (QED) is 0.154. The summed E-state index contributed by atoms with van der Waals surface area (Å²) in [5, 5.41) is 1.43. The Morgan fingerprint density at radius 3 is 1.07 bits per heavy atom. The van der Waals surface area contributed by atoms with Crippen LogP contribution in [0.2, 0.25) is 86.6 Å². The first-order chi connectivity index (χ1) is 11.5. The van der Waals surface area contributed by atoms with Gasteiger partial charge in [-0.1, -0.05) is 0 Å². The molecule has 2 nitrogen and oxygen atoms in total. The third-order valence-corrected chi connectivity index (χ3v) is 81.9. The van der Waals surface area contributed by atoms with Crippen molar-refractivity contribution in [1.82, 2.24) is 9.80 Å². The zero-order valence-electron chi connectivity index (χ0n) is 21.3. The maximum atomic E-state index is 3.23. The average Bonchev–Trinajstić information content (AvgIpc) is 2.15. The fourth-order valence-electron chi connectivity index (χ4n) is 6.77. The zero-order valence-corrected chi connectivity index (χ0v) is 29.6. The van der Waals surface area contributed by atoms with Crippen LogP contribution in [0.1, 0.15) is 0 Å². The molecule has 0 heterocycles. The molecule has 0 radical (unpaired) electrons. The summed E-state index contributed by atoms with van der Waals surface area (Å²) in [5.74, 6) is 0. The molecule has 0 aliphatic carbocycles. The second-order valence-corrected chi connectivity index (χ2v) is 58.1. The van der Waals surface area contributed by atoms with Gasteiger partial charge in [-0.25, -0.2) is 0 Å². The van der Waals surface area contributed by atoms with E-state index >= 15 is 0 Å². The Labute approximate surface area is 190 Å². The third-order valence-electron chi connectivity index (χ3n) is 5.46. The topological polar surface area (TPSA) is 6.48 Å². The summed E-state index contributed by atoms with van der Waals surface area (Å²) in [6, 6.07) is 0.